The van der Waals surface area contributed by atoms with Crippen LogP contribution in [0.1, 0.15) is 41.2 Å². The molecule has 0 aliphatic heterocycles. The Morgan fingerprint density at radius 2 is 2.05 bits per heavy atom. The number of nitrogens with zero attached hydrogens (tertiary/aromatic N) is 1. The monoisotopic (exact) mass is 289 g/mol. The molecular weight excluding hydrogens is 273 g/mol. The van der Waals surface area contributed by atoms with E-state index in [1.165, 1.54) is 11.3 Å². The molecule has 0 spiro atoms. The summed E-state index contributed by atoms with van der Waals surface area (Å²) in [6.07, 6.45) is 1.32. The van der Waals surface area contributed by atoms with Crippen molar-refractivity contribution in [2.75, 3.05) is 0 Å². The molecule has 0 N–H and O–H groups in total. The van der Waals surface area contributed by atoms with Gasteiger partial charge in [-0.1, -0.05) is 26.0 Å². The van der Waals surface area contributed by atoms with Crippen molar-refractivity contribution < 1.29 is 9.18 Å². The molecule has 0 saturated heterocycles. The summed E-state index contributed by atoms with van der Waals surface area (Å²) in [5.41, 5.74) is 1.87. The van der Waals surface area contributed by atoms with Crippen LogP contribution in [-0.2, 0) is 6.42 Å². The first-order valence-corrected chi connectivity index (χ1v) is 7.47. The molecule has 20 heavy (non-hydrogen) atoms. The maximum atomic E-state index is 14.2. The number of benzene rings is 1. The number of aryl methyl sites for hydroxylation is 1. The molecule has 2 nitrogen and oxygen atoms in total. The lowest BCUT2D eigenvalue weighted by Crippen LogP contribution is -2.25. The molecule has 2 aromatic rings. The van der Waals surface area contributed by atoms with Crippen LogP contribution in [0.25, 0.3) is 10.6 Å². The van der Waals surface area contributed by atoms with Gasteiger partial charge in [-0.15, -0.1) is 11.3 Å². The molecule has 0 atom stereocenters. The number of hydrogen-bond donors (Lipinski definition) is 0. The standard InChI is InChI=1S/C16H16FNOS/c1-9-5-4-6-10(13(9)17)15-18-11-7-16(2,3)8-12(19)14(11)20-15/h4-6H,7-8H2,1-3H3. The SMILES string of the molecule is Cc1cccc(-c2nc3c(s2)C(=O)CC(C)(C)C3)c1F. The summed E-state index contributed by atoms with van der Waals surface area (Å²) in [6.45, 7) is 5.88. The van der Waals surface area contributed by atoms with Gasteiger partial charge in [0.15, 0.2) is 5.78 Å². The van der Waals surface area contributed by atoms with Crippen LogP contribution >= 0.6 is 11.3 Å². The fourth-order valence-electron chi connectivity index (χ4n) is 2.65. The van der Waals surface area contributed by atoms with Crippen molar-refractivity contribution >= 4 is 17.1 Å². The molecule has 0 radical (unpaired) electrons. The number of thiazole rings is 1. The number of rotatable bonds is 1. The number of halogens is 1. The van der Waals surface area contributed by atoms with E-state index in [9.17, 15) is 9.18 Å². The highest BCUT2D eigenvalue weighted by atomic mass is 32.1. The van der Waals surface area contributed by atoms with Crippen molar-refractivity contribution in [2.45, 2.75) is 33.6 Å². The van der Waals surface area contributed by atoms with Crippen LogP contribution in [0, 0.1) is 18.2 Å². The molecular formula is C16H16FNOS. The second-order valence-corrected chi connectivity index (χ2v) is 7.17. The molecule has 1 aromatic carbocycles. The normalized spacial score (nSPS) is 17.1. The molecule has 0 fully saturated rings. The maximum absolute atomic E-state index is 14.2. The van der Waals surface area contributed by atoms with E-state index in [4.69, 9.17) is 0 Å². The highest BCUT2D eigenvalue weighted by Crippen LogP contribution is 2.40. The number of carbonyl (C=O) groups excluding carboxylic acids is 1. The van der Waals surface area contributed by atoms with E-state index in [2.05, 4.69) is 18.8 Å². The summed E-state index contributed by atoms with van der Waals surface area (Å²) in [7, 11) is 0. The van der Waals surface area contributed by atoms with Crippen LogP contribution in [0.15, 0.2) is 18.2 Å². The topological polar surface area (TPSA) is 30.0 Å². The van der Waals surface area contributed by atoms with Gasteiger partial charge >= 0.3 is 0 Å². The van der Waals surface area contributed by atoms with Crippen LogP contribution in [0.2, 0.25) is 0 Å². The Bertz CT molecular complexity index is 702. The van der Waals surface area contributed by atoms with Crippen LogP contribution in [-0.4, -0.2) is 10.8 Å². The maximum Gasteiger partial charge on any atom is 0.175 e. The van der Waals surface area contributed by atoms with Crippen molar-refractivity contribution in [1.29, 1.82) is 0 Å². The fraction of sp³-hybridized carbons (Fsp3) is 0.375. The Labute approximate surface area is 121 Å². The molecule has 0 bridgehead atoms. The Balaban J connectivity index is 2.11. The minimum atomic E-state index is -0.245. The lowest BCUT2D eigenvalue weighted by Gasteiger charge is -2.26. The van der Waals surface area contributed by atoms with E-state index in [1.807, 2.05) is 6.07 Å². The van der Waals surface area contributed by atoms with Crippen molar-refractivity contribution in [3.8, 4) is 10.6 Å². The predicted molar refractivity (Wildman–Crippen MR) is 78.7 cm³/mol. The molecule has 104 valence electrons. The van der Waals surface area contributed by atoms with E-state index in [1.54, 1.807) is 19.1 Å². The largest absolute Gasteiger partial charge is 0.293 e. The Morgan fingerprint density at radius 1 is 1.30 bits per heavy atom. The Morgan fingerprint density at radius 3 is 2.80 bits per heavy atom. The van der Waals surface area contributed by atoms with Gasteiger partial charge in [0.2, 0.25) is 0 Å². The zero-order valence-corrected chi connectivity index (χ0v) is 12.6. The summed E-state index contributed by atoms with van der Waals surface area (Å²) in [4.78, 5) is 17.4. The molecule has 1 aliphatic carbocycles. The molecule has 0 amide bonds. The van der Waals surface area contributed by atoms with Gasteiger partial charge in [0, 0.05) is 12.0 Å². The molecule has 1 heterocycles. The molecule has 1 aliphatic rings. The lowest BCUT2D eigenvalue weighted by atomic mass is 9.78. The number of carbonyl (C=O) groups is 1. The Hall–Kier alpha value is -1.55. The second kappa shape index (κ2) is 4.48. The minimum absolute atomic E-state index is 0.0550. The average Bonchev–Trinajstić information content (AvgIpc) is 2.75. The fourth-order valence-corrected chi connectivity index (χ4v) is 3.69. The number of aromatic nitrogens is 1. The summed E-state index contributed by atoms with van der Waals surface area (Å²) >= 11 is 1.32. The summed E-state index contributed by atoms with van der Waals surface area (Å²) < 4.78 is 14.2. The molecule has 0 unspecified atom stereocenters. The third kappa shape index (κ3) is 2.18. The van der Waals surface area contributed by atoms with E-state index in [-0.39, 0.29) is 17.0 Å². The number of fused-ring (bicyclic) bond motifs is 1. The minimum Gasteiger partial charge on any atom is -0.293 e. The van der Waals surface area contributed by atoms with Gasteiger partial charge in [-0.25, -0.2) is 9.37 Å². The summed E-state index contributed by atoms with van der Waals surface area (Å²) in [5, 5.41) is 0.613. The highest BCUT2D eigenvalue weighted by Gasteiger charge is 2.34. The Kier molecular flexibility index (Phi) is 3.01. The van der Waals surface area contributed by atoms with E-state index >= 15 is 0 Å². The molecule has 1 aromatic heterocycles. The van der Waals surface area contributed by atoms with Crippen molar-refractivity contribution in [3.05, 3.63) is 40.2 Å². The van der Waals surface area contributed by atoms with Crippen molar-refractivity contribution in [1.82, 2.24) is 4.98 Å². The molecule has 3 rings (SSSR count). The quantitative estimate of drug-likeness (QED) is 0.778. The van der Waals surface area contributed by atoms with E-state index in [0.29, 0.717) is 27.4 Å². The van der Waals surface area contributed by atoms with Gasteiger partial charge in [-0.2, -0.15) is 0 Å². The third-order valence-electron chi connectivity index (χ3n) is 3.66. The number of hydrogen-bond acceptors (Lipinski definition) is 3. The highest BCUT2D eigenvalue weighted by molar-refractivity contribution is 7.17. The first kappa shape index (κ1) is 13.4. The molecule has 0 saturated carbocycles. The van der Waals surface area contributed by atoms with E-state index < -0.39 is 0 Å². The average molecular weight is 289 g/mol. The van der Waals surface area contributed by atoms with E-state index in [0.717, 1.165) is 12.1 Å². The molecule has 4 heteroatoms. The van der Waals surface area contributed by atoms with Gasteiger partial charge in [0.05, 0.1) is 10.6 Å². The van der Waals surface area contributed by atoms with Crippen LogP contribution in [0.4, 0.5) is 4.39 Å². The number of Topliss-reactive ketones (excluding diaryl/α,β-unsaturated/α-hetero) is 1. The predicted octanol–water partition coefficient (Wildman–Crippen LogP) is 4.41. The van der Waals surface area contributed by atoms with Gasteiger partial charge < -0.3 is 0 Å². The lowest BCUT2D eigenvalue weighted by molar-refractivity contribution is 0.0916. The van der Waals surface area contributed by atoms with Crippen molar-refractivity contribution in [3.63, 3.8) is 0 Å². The van der Waals surface area contributed by atoms with Crippen LogP contribution in [0.5, 0.6) is 0 Å². The number of ketones is 1. The van der Waals surface area contributed by atoms with Gasteiger partial charge in [0.25, 0.3) is 0 Å². The zero-order valence-electron chi connectivity index (χ0n) is 11.8. The third-order valence-corrected chi connectivity index (χ3v) is 4.83. The van der Waals surface area contributed by atoms with Gasteiger partial charge in [-0.3, -0.25) is 4.79 Å². The van der Waals surface area contributed by atoms with Crippen LogP contribution < -0.4 is 0 Å². The summed E-state index contributed by atoms with van der Waals surface area (Å²) in [5.74, 6) is -0.113. The first-order chi connectivity index (χ1) is 9.37. The summed E-state index contributed by atoms with van der Waals surface area (Å²) in [6, 6.07) is 5.28. The zero-order chi connectivity index (χ0) is 14.5. The second-order valence-electron chi connectivity index (χ2n) is 6.17. The van der Waals surface area contributed by atoms with Gasteiger partial charge in [0.1, 0.15) is 10.8 Å². The van der Waals surface area contributed by atoms with Crippen molar-refractivity contribution in [2.24, 2.45) is 5.41 Å². The smallest absolute Gasteiger partial charge is 0.175 e. The first-order valence-electron chi connectivity index (χ1n) is 6.66. The van der Waals surface area contributed by atoms with Crippen LogP contribution in [0.3, 0.4) is 0 Å². The van der Waals surface area contributed by atoms with Gasteiger partial charge in [-0.05, 0) is 30.4 Å².